The van der Waals surface area contributed by atoms with Gasteiger partial charge in [0.2, 0.25) is 22.9 Å². The number of carbonyl (C=O) groups excluding carboxylic acids is 1. The lowest BCUT2D eigenvalue weighted by Gasteiger charge is -2.12. The first-order chi connectivity index (χ1) is 9.34. The number of amides is 1. The molecule has 0 aliphatic heterocycles. The zero-order chi connectivity index (χ0) is 14.8. The molecule has 0 bridgehead atoms. The fourth-order valence-corrected chi connectivity index (χ4v) is 1.92. The highest BCUT2D eigenvalue weighted by Gasteiger charge is 2.19. The summed E-state index contributed by atoms with van der Waals surface area (Å²) in [7, 11) is 0. The molecule has 9 heteroatoms. The molecule has 4 N–H and O–H groups in total. The molecule has 1 amide bonds. The van der Waals surface area contributed by atoms with Gasteiger partial charge in [-0.3, -0.25) is 10.1 Å². The van der Waals surface area contributed by atoms with E-state index in [1.807, 2.05) is 20.8 Å². The van der Waals surface area contributed by atoms with Gasteiger partial charge in [-0.25, -0.2) is 5.10 Å². The molecule has 0 aliphatic carbocycles. The third kappa shape index (κ3) is 3.73. The lowest BCUT2D eigenvalue weighted by molar-refractivity contribution is -0.113. The maximum Gasteiger partial charge on any atom is 0.237 e. The van der Waals surface area contributed by atoms with Gasteiger partial charge >= 0.3 is 0 Å². The summed E-state index contributed by atoms with van der Waals surface area (Å²) in [6.45, 7) is 6.04. The maximum absolute atomic E-state index is 11.7. The molecule has 2 aromatic heterocycles. The van der Waals surface area contributed by atoms with Gasteiger partial charge in [-0.2, -0.15) is 4.98 Å². The van der Waals surface area contributed by atoms with E-state index in [2.05, 4.69) is 25.7 Å². The minimum atomic E-state index is -0.227. The Labute approximate surface area is 119 Å². The maximum atomic E-state index is 11.7. The summed E-state index contributed by atoms with van der Waals surface area (Å²) < 4.78 is 5.07. The Morgan fingerprint density at radius 2 is 2.30 bits per heavy atom. The predicted octanol–water partition coefficient (Wildman–Crippen LogP) is 1.40. The van der Waals surface area contributed by atoms with Crippen LogP contribution in [-0.2, 0) is 10.2 Å². The number of hydrogen-bond acceptors (Lipinski definition) is 7. The van der Waals surface area contributed by atoms with E-state index < -0.39 is 0 Å². The van der Waals surface area contributed by atoms with Crippen LogP contribution >= 0.6 is 11.8 Å². The van der Waals surface area contributed by atoms with Crippen molar-refractivity contribution in [1.29, 1.82) is 0 Å². The highest BCUT2D eigenvalue weighted by Crippen LogP contribution is 2.23. The van der Waals surface area contributed by atoms with Gasteiger partial charge in [-0.15, -0.1) is 5.10 Å². The number of carbonyl (C=O) groups is 1. The molecule has 0 aliphatic rings. The van der Waals surface area contributed by atoms with Gasteiger partial charge in [0.25, 0.3) is 0 Å². The minimum absolute atomic E-state index is 0.127. The van der Waals surface area contributed by atoms with E-state index in [-0.39, 0.29) is 23.0 Å². The second kappa shape index (κ2) is 5.53. The fraction of sp³-hybridized carbons (Fsp3) is 0.455. The van der Waals surface area contributed by atoms with Gasteiger partial charge < -0.3 is 10.3 Å². The van der Waals surface area contributed by atoms with E-state index in [0.29, 0.717) is 11.0 Å². The largest absolute Gasteiger partial charge is 0.368 e. The molecule has 20 heavy (non-hydrogen) atoms. The summed E-state index contributed by atoms with van der Waals surface area (Å²) in [5.41, 5.74) is 6.04. The first kappa shape index (κ1) is 14.4. The number of nitrogens with zero attached hydrogens (tertiary/aromatic N) is 3. The van der Waals surface area contributed by atoms with Crippen molar-refractivity contribution < 1.29 is 9.32 Å². The lowest BCUT2D eigenvalue weighted by atomic mass is 9.92. The molecule has 8 nitrogen and oxygen atoms in total. The van der Waals surface area contributed by atoms with Crippen molar-refractivity contribution in [2.24, 2.45) is 0 Å². The second-order valence-electron chi connectivity index (χ2n) is 5.17. The van der Waals surface area contributed by atoms with E-state index in [9.17, 15) is 4.79 Å². The van der Waals surface area contributed by atoms with Crippen LogP contribution in [0.15, 0.2) is 15.7 Å². The van der Waals surface area contributed by atoms with E-state index in [0.717, 1.165) is 5.69 Å². The Kier molecular flexibility index (Phi) is 3.98. The molecule has 0 aromatic carbocycles. The van der Waals surface area contributed by atoms with Crippen LogP contribution in [0.2, 0.25) is 0 Å². The molecule has 0 saturated heterocycles. The molecule has 0 saturated carbocycles. The van der Waals surface area contributed by atoms with Crippen molar-refractivity contribution in [3.8, 4) is 0 Å². The number of nitrogens with two attached hydrogens (primary N) is 1. The Morgan fingerprint density at radius 3 is 2.85 bits per heavy atom. The van der Waals surface area contributed by atoms with E-state index in [1.165, 1.54) is 11.8 Å². The highest BCUT2D eigenvalue weighted by atomic mass is 32.2. The van der Waals surface area contributed by atoms with Crippen LogP contribution < -0.4 is 11.1 Å². The highest BCUT2D eigenvalue weighted by molar-refractivity contribution is 7.99. The van der Waals surface area contributed by atoms with Crippen molar-refractivity contribution in [3.05, 3.63) is 11.8 Å². The molecular weight excluding hydrogens is 280 g/mol. The molecule has 0 unspecified atom stereocenters. The zero-order valence-electron chi connectivity index (χ0n) is 11.4. The van der Waals surface area contributed by atoms with Crippen LogP contribution in [0, 0.1) is 0 Å². The van der Waals surface area contributed by atoms with Crippen LogP contribution in [0.4, 0.5) is 11.8 Å². The van der Waals surface area contributed by atoms with Crippen molar-refractivity contribution in [2.75, 3.05) is 16.8 Å². The average molecular weight is 296 g/mol. The first-order valence-corrected chi connectivity index (χ1v) is 6.91. The summed E-state index contributed by atoms with van der Waals surface area (Å²) in [6.07, 6.45) is 0. The molecule has 0 atom stereocenters. The zero-order valence-corrected chi connectivity index (χ0v) is 12.2. The van der Waals surface area contributed by atoms with Crippen LogP contribution in [0.1, 0.15) is 26.5 Å². The average Bonchev–Trinajstić information content (AvgIpc) is 2.95. The number of hydrogen-bond donors (Lipinski definition) is 3. The normalized spacial score (nSPS) is 11.6. The molecule has 0 fully saturated rings. The predicted molar refractivity (Wildman–Crippen MR) is 75.4 cm³/mol. The van der Waals surface area contributed by atoms with Crippen molar-refractivity contribution in [2.45, 2.75) is 31.3 Å². The number of anilines is 2. The summed E-state index contributed by atoms with van der Waals surface area (Å²) in [6, 6.07) is 1.72. The number of thioether (sulfide) groups is 1. The molecule has 2 aromatic rings. The van der Waals surface area contributed by atoms with Crippen LogP contribution in [-0.4, -0.2) is 32.0 Å². The van der Waals surface area contributed by atoms with Gasteiger partial charge in [-0.1, -0.05) is 37.7 Å². The lowest BCUT2D eigenvalue weighted by Crippen LogP contribution is -2.14. The Hall–Kier alpha value is -2.03. The van der Waals surface area contributed by atoms with Crippen molar-refractivity contribution >= 4 is 29.5 Å². The minimum Gasteiger partial charge on any atom is -0.368 e. The van der Waals surface area contributed by atoms with Crippen LogP contribution in [0.3, 0.4) is 0 Å². The number of nitrogen functional groups attached to an aromatic ring is 1. The topological polar surface area (TPSA) is 123 Å². The van der Waals surface area contributed by atoms with E-state index >= 15 is 0 Å². The van der Waals surface area contributed by atoms with E-state index in [1.54, 1.807) is 6.07 Å². The molecule has 2 heterocycles. The summed E-state index contributed by atoms with van der Waals surface area (Å²) >= 11 is 1.17. The van der Waals surface area contributed by atoms with Gasteiger partial charge in [-0.05, 0) is 0 Å². The Bertz CT molecular complexity index is 600. The third-order valence-corrected chi connectivity index (χ3v) is 3.20. The number of aromatic amines is 1. The molecule has 0 spiro atoms. The number of rotatable bonds is 4. The molecule has 0 radical (unpaired) electrons. The van der Waals surface area contributed by atoms with E-state index in [4.69, 9.17) is 10.3 Å². The van der Waals surface area contributed by atoms with Crippen molar-refractivity contribution in [3.63, 3.8) is 0 Å². The summed E-state index contributed by atoms with van der Waals surface area (Å²) in [5, 5.41) is 13.3. The van der Waals surface area contributed by atoms with Crippen LogP contribution in [0.25, 0.3) is 0 Å². The van der Waals surface area contributed by atoms with Gasteiger partial charge in [0.1, 0.15) is 0 Å². The summed E-state index contributed by atoms with van der Waals surface area (Å²) in [5.74, 6) is 0.478. The van der Waals surface area contributed by atoms with Gasteiger partial charge in [0.15, 0.2) is 0 Å². The molecular formula is C11H16N6O2S. The fourth-order valence-electron chi connectivity index (χ4n) is 1.31. The Morgan fingerprint density at radius 1 is 1.55 bits per heavy atom. The number of aromatic nitrogens is 4. The second-order valence-corrected chi connectivity index (χ2v) is 6.11. The molecule has 108 valence electrons. The monoisotopic (exact) mass is 296 g/mol. The van der Waals surface area contributed by atoms with Crippen molar-refractivity contribution in [1.82, 2.24) is 20.3 Å². The third-order valence-electron chi connectivity index (χ3n) is 2.36. The first-order valence-electron chi connectivity index (χ1n) is 5.92. The number of H-pyrrole nitrogens is 1. The Balaban J connectivity index is 1.87. The smallest absolute Gasteiger partial charge is 0.237 e. The van der Waals surface area contributed by atoms with Gasteiger partial charge in [0, 0.05) is 11.5 Å². The molecule has 2 rings (SSSR count). The summed E-state index contributed by atoms with van der Waals surface area (Å²) in [4.78, 5) is 15.6. The van der Waals surface area contributed by atoms with Gasteiger partial charge in [0.05, 0.1) is 11.4 Å². The SMILES string of the molecule is CC(C)(C)c1cc(NC(=O)CSc2n[nH]c(N)n2)on1. The van der Waals surface area contributed by atoms with Crippen LogP contribution in [0.5, 0.6) is 0 Å². The quantitative estimate of drug-likeness (QED) is 0.729. The number of nitrogens with one attached hydrogen (secondary N) is 2. The standard InChI is InChI=1S/C11H16N6O2S/c1-11(2,3)6-4-8(19-17-6)13-7(18)5-20-10-14-9(12)15-16-10/h4H,5H2,1-3H3,(H,13,18)(H3,12,14,15,16).